The summed E-state index contributed by atoms with van der Waals surface area (Å²) in [7, 11) is 0. The molecule has 0 N–H and O–H groups in total. The van der Waals surface area contributed by atoms with Gasteiger partial charge in [0.05, 0.1) is 6.10 Å². The Kier molecular flexibility index (Phi) is 5.02. The van der Waals surface area contributed by atoms with E-state index in [9.17, 15) is 9.59 Å². The third-order valence-electron chi connectivity index (χ3n) is 2.15. The monoisotopic (exact) mass is 271 g/mol. The van der Waals surface area contributed by atoms with E-state index in [1.165, 1.54) is 12.1 Å². The molecule has 0 saturated carbocycles. The van der Waals surface area contributed by atoms with E-state index in [0.29, 0.717) is 5.75 Å². The number of carbonyl (C=O) groups excluding carboxylic acids is 2. The number of hydrogen-bond acceptors (Lipinski definition) is 4. The Balaban J connectivity index is 3.12. The van der Waals surface area contributed by atoms with Crippen LogP contribution in [0.4, 0.5) is 0 Å². The lowest BCUT2D eigenvalue weighted by Gasteiger charge is -2.13. The third-order valence-corrected chi connectivity index (χ3v) is 2.61. The molecule has 0 aliphatic rings. The van der Waals surface area contributed by atoms with E-state index < -0.39 is 10.2 Å². The van der Waals surface area contributed by atoms with Crippen molar-refractivity contribution in [1.29, 1.82) is 0 Å². The van der Waals surface area contributed by atoms with Crippen molar-refractivity contribution in [3.05, 3.63) is 23.5 Å². The molecule has 1 heterocycles. The Morgan fingerprint density at radius 3 is 2.12 bits per heavy atom. The second kappa shape index (κ2) is 6.07. The number of carbonyl (C=O) groups is 2. The van der Waals surface area contributed by atoms with E-state index in [2.05, 4.69) is 30.2 Å². The first-order chi connectivity index (χ1) is 7.93. The van der Waals surface area contributed by atoms with E-state index in [1.807, 2.05) is 13.8 Å². The summed E-state index contributed by atoms with van der Waals surface area (Å²) in [4.78, 5) is 26.1. The number of aromatic nitrogens is 1. The zero-order chi connectivity index (χ0) is 13.0. The van der Waals surface area contributed by atoms with Gasteiger partial charge in [-0.25, -0.2) is 4.98 Å². The highest BCUT2D eigenvalue weighted by atomic mass is 32.1. The van der Waals surface area contributed by atoms with Gasteiger partial charge in [-0.15, -0.1) is 0 Å². The van der Waals surface area contributed by atoms with Gasteiger partial charge < -0.3 is 4.74 Å². The molecule has 0 fully saturated rings. The molecule has 92 valence electrons. The molecule has 17 heavy (non-hydrogen) atoms. The highest BCUT2D eigenvalue weighted by molar-refractivity contribution is 7.97. The minimum absolute atomic E-state index is 0.0110. The number of hydrogen-bond donors (Lipinski definition) is 2. The number of ether oxygens (including phenoxy) is 1. The lowest BCUT2D eigenvalue weighted by atomic mass is 10.2. The SMILES string of the molecule is CCC(C)Oc1cc(C(=O)S)nc(C(=O)S)c1. The highest BCUT2D eigenvalue weighted by Gasteiger charge is 2.12. The molecule has 0 radical (unpaired) electrons. The van der Waals surface area contributed by atoms with Crippen LogP contribution in [-0.4, -0.2) is 21.3 Å². The van der Waals surface area contributed by atoms with Crippen molar-refractivity contribution in [3.8, 4) is 5.75 Å². The molecule has 0 saturated heterocycles. The van der Waals surface area contributed by atoms with Crippen LogP contribution in [0.15, 0.2) is 12.1 Å². The maximum absolute atomic E-state index is 11.1. The molecule has 0 aliphatic carbocycles. The minimum Gasteiger partial charge on any atom is -0.491 e. The molecule has 0 aromatic carbocycles. The smallest absolute Gasteiger partial charge is 0.234 e. The van der Waals surface area contributed by atoms with Crippen LogP contribution in [-0.2, 0) is 0 Å². The lowest BCUT2D eigenvalue weighted by Crippen LogP contribution is -2.11. The van der Waals surface area contributed by atoms with Gasteiger partial charge in [-0.05, 0) is 13.3 Å². The highest BCUT2D eigenvalue weighted by Crippen LogP contribution is 2.18. The van der Waals surface area contributed by atoms with Crippen molar-refractivity contribution >= 4 is 35.5 Å². The molecule has 1 atom stereocenters. The summed E-state index contributed by atoms with van der Waals surface area (Å²) in [5.41, 5.74) is 0.151. The van der Waals surface area contributed by atoms with Gasteiger partial charge >= 0.3 is 0 Å². The molecule has 1 aromatic heterocycles. The van der Waals surface area contributed by atoms with E-state index >= 15 is 0 Å². The molecule has 0 aliphatic heterocycles. The first-order valence-electron chi connectivity index (χ1n) is 5.09. The topological polar surface area (TPSA) is 56.3 Å². The predicted octanol–water partition coefficient (Wildman–Crippen LogP) is 2.40. The quantitative estimate of drug-likeness (QED) is 0.807. The molecule has 1 aromatic rings. The van der Waals surface area contributed by atoms with Crippen molar-refractivity contribution in [3.63, 3.8) is 0 Å². The van der Waals surface area contributed by atoms with Crippen molar-refractivity contribution < 1.29 is 14.3 Å². The molecular weight excluding hydrogens is 258 g/mol. The zero-order valence-corrected chi connectivity index (χ0v) is 11.3. The maximum atomic E-state index is 11.1. The van der Waals surface area contributed by atoms with Gasteiger partial charge in [0, 0.05) is 12.1 Å². The van der Waals surface area contributed by atoms with Crippen molar-refractivity contribution in [2.24, 2.45) is 0 Å². The molecule has 0 spiro atoms. The summed E-state index contributed by atoms with van der Waals surface area (Å²) in [5, 5.41) is -1.04. The van der Waals surface area contributed by atoms with Gasteiger partial charge in [0.1, 0.15) is 17.1 Å². The Bertz CT molecular complexity index is 416. The van der Waals surface area contributed by atoms with Gasteiger partial charge in [0.2, 0.25) is 10.2 Å². The molecule has 0 amide bonds. The van der Waals surface area contributed by atoms with Gasteiger partial charge in [-0.3, -0.25) is 9.59 Å². The first kappa shape index (κ1) is 14.1. The summed E-state index contributed by atoms with van der Waals surface area (Å²) in [6.45, 7) is 3.87. The summed E-state index contributed by atoms with van der Waals surface area (Å²) >= 11 is 7.34. The van der Waals surface area contributed by atoms with E-state index in [4.69, 9.17) is 4.74 Å². The van der Waals surface area contributed by atoms with Crippen molar-refractivity contribution in [2.45, 2.75) is 26.4 Å². The second-order valence-electron chi connectivity index (χ2n) is 3.52. The Morgan fingerprint density at radius 1 is 1.29 bits per heavy atom. The lowest BCUT2D eigenvalue weighted by molar-refractivity contribution is 0.108. The fourth-order valence-electron chi connectivity index (χ4n) is 1.11. The van der Waals surface area contributed by atoms with Crippen LogP contribution in [0.25, 0.3) is 0 Å². The van der Waals surface area contributed by atoms with Crippen LogP contribution < -0.4 is 4.74 Å². The average molecular weight is 271 g/mol. The average Bonchev–Trinajstić information content (AvgIpc) is 2.28. The van der Waals surface area contributed by atoms with Crippen LogP contribution in [0.3, 0.4) is 0 Å². The third kappa shape index (κ3) is 4.05. The fourth-order valence-corrected chi connectivity index (χ4v) is 1.34. The summed E-state index contributed by atoms with van der Waals surface area (Å²) in [5.74, 6) is 0.421. The minimum atomic E-state index is -0.518. The van der Waals surface area contributed by atoms with E-state index in [-0.39, 0.29) is 17.5 Å². The van der Waals surface area contributed by atoms with Crippen molar-refractivity contribution in [1.82, 2.24) is 4.98 Å². The maximum Gasteiger partial charge on any atom is 0.234 e. The Labute approximate surface area is 111 Å². The normalized spacial score (nSPS) is 12.0. The van der Waals surface area contributed by atoms with E-state index in [1.54, 1.807) is 0 Å². The number of rotatable bonds is 5. The van der Waals surface area contributed by atoms with Crippen LogP contribution in [0.1, 0.15) is 41.2 Å². The fraction of sp³-hybridized carbons (Fsp3) is 0.364. The molecule has 6 heteroatoms. The molecule has 1 rings (SSSR count). The largest absolute Gasteiger partial charge is 0.491 e. The number of thiol groups is 2. The Hall–Kier alpha value is -1.01. The predicted molar refractivity (Wildman–Crippen MR) is 71.3 cm³/mol. The van der Waals surface area contributed by atoms with Gasteiger partial charge in [0.25, 0.3) is 0 Å². The van der Waals surface area contributed by atoms with Gasteiger partial charge in [-0.1, -0.05) is 32.2 Å². The molecular formula is C11H13NO3S2. The van der Waals surface area contributed by atoms with Crippen LogP contribution in [0, 0.1) is 0 Å². The molecule has 0 bridgehead atoms. The summed E-state index contributed by atoms with van der Waals surface area (Å²) in [6.07, 6.45) is 0.805. The van der Waals surface area contributed by atoms with Gasteiger partial charge in [-0.2, -0.15) is 0 Å². The van der Waals surface area contributed by atoms with Crippen LogP contribution in [0.2, 0.25) is 0 Å². The number of nitrogens with zero attached hydrogens (tertiary/aromatic N) is 1. The van der Waals surface area contributed by atoms with Crippen LogP contribution >= 0.6 is 25.3 Å². The molecule has 1 unspecified atom stereocenters. The van der Waals surface area contributed by atoms with Gasteiger partial charge in [0.15, 0.2) is 0 Å². The standard InChI is InChI=1S/C11H13NO3S2/c1-3-6(2)15-7-4-8(10(13)16)12-9(5-7)11(14)17/h4-6H,3H2,1-2H3,(H,13,16)(H,14,17). The summed E-state index contributed by atoms with van der Waals surface area (Å²) < 4.78 is 5.53. The van der Waals surface area contributed by atoms with E-state index in [0.717, 1.165) is 6.42 Å². The van der Waals surface area contributed by atoms with Crippen LogP contribution in [0.5, 0.6) is 5.75 Å². The Morgan fingerprint density at radius 2 is 1.76 bits per heavy atom. The molecule has 4 nitrogen and oxygen atoms in total. The zero-order valence-electron chi connectivity index (χ0n) is 9.51. The summed E-state index contributed by atoms with van der Waals surface area (Å²) in [6, 6.07) is 2.92. The second-order valence-corrected chi connectivity index (χ2v) is 4.33. The number of pyridine rings is 1. The van der Waals surface area contributed by atoms with Crippen molar-refractivity contribution in [2.75, 3.05) is 0 Å². The first-order valence-corrected chi connectivity index (χ1v) is 5.98.